The lowest BCUT2D eigenvalue weighted by molar-refractivity contribution is -0.130. The molecule has 1 unspecified atom stereocenters. The minimum atomic E-state index is -0.336. The molecule has 0 aliphatic carbocycles. The van der Waals surface area contributed by atoms with Crippen LogP contribution in [0.1, 0.15) is 50.7 Å². The number of hydrogen-bond acceptors (Lipinski definition) is 5. The Balaban J connectivity index is 1.27. The lowest BCUT2D eigenvalue weighted by Crippen LogP contribution is -2.39. The predicted molar refractivity (Wildman–Crippen MR) is 140 cm³/mol. The summed E-state index contributed by atoms with van der Waals surface area (Å²) in [6, 6.07) is 17.6. The number of benzene rings is 3. The minimum Gasteiger partial charge on any atom is -0.486 e. The van der Waals surface area contributed by atoms with Gasteiger partial charge in [0.15, 0.2) is 0 Å². The number of ether oxygens (including phenoxy) is 1. The van der Waals surface area contributed by atoms with Crippen LogP contribution in [0.25, 0.3) is 0 Å². The number of carbonyl (C=O) groups excluding carboxylic acids is 2. The topological polar surface area (TPSA) is 71.5 Å². The number of rotatable bonds is 7. The summed E-state index contributed by atoms with van der Waals surface area (Å²) in [7, 11) is 0. The summed E-state index contributed by atoms with van der Waals surface area (Å²) in [5.74, 6) is -0.423. The van der Waals surface area contributed by atoms with Gasteiger partial charge in [-0.05, 0) is 65.1 Å². The Morgan fingerprint density at radius 1 is 1.05 bits per heavy atom. The van der Waals surface area contributed by atoms with E-state index in [1.54, 1.807) is 34.5 Å². The van der Waals surface area contributed by atoms with E-state index in [0.29, 0.717) is 17.3 Å². The maximum atomic E-state index is 13.6. The second kappa shape index (κ2) is 11.1. The van der Waals surface area contributed by atoms with Crippen molar-refractivity contribution in [3.63, 3.8) is 0 Å². The maximum absolute atomic E-state index is 13.6. The third-order valence-corrected chi connectivity index (χ3v) is 7.27. The fourth-order valence-corrected chi connectivity index (χ4v) is 5.21. The summed E-state index contributed by atoms with van der Waals surface area (Å²) in [5, 5.41) is 5.08. The Hall–Kier alpha value is -4.11. The minimum absolute atomic E-state index is 0.0516. The summed E-state index contributed by atoms with van der Waals surface area (Å²) in [6.07, 6.45) is 0.718. The van der Waals surface area contributed by atoms with Crippen LogP contribution in [-0.2, 0) is 24.4 Å². The Morgan fingerprint density at radius 3 is 2.47 bits per heavy atom. The van der Waals surface area contributed by atoms with Crippen LogP contribution in [0.2, 0.25) is 0 Å². The van der Waals surface area contributed by atoms with Gasteiger partial charge in [0.2, 0.25) is 5.91 Å². The number of hydrogen-bond donors (Lipinski definition) is 1. The molecular weight excluding hydrogens is 508 g/mol. The van der Waals surface area contributed by atoms with Crippen molar-refractivity contribution in [2.24, 2.45) is 0 Å². The molecule has 2 amide bonds. The number of halogens is 2. The number of nitrogens with one attached hydrogen (secondary N) is 1. The summed E-state index contributed by atoms with van der Waals surface area (Å²) in [5.41, 5.74) is 3.95. The molecule has 1 aromatic heterocycles. The molecule has 0 radical (unpaired) electrons. The van der Waals surface area contributed by atoms with E-state index in [1.165, 1.54) is 42.5 Å². The quantitative estimate of drug-likeness (QED) is 0.344. The van der Waals surface area contributed by atoms with Gasteiger partial charge in [-0.25, -0.2) is 13.8 Å². The molecule has 6 nitrogen and oxygen atoms in total. The Labute approximate surface area is 222 Å². The molecular formula is C29H25F2N3O3S. The molecule has 38 heavy (non-hydrogen) atoms. The zero-order chi connectivity index (χ0) is 26.6. The van der Waals surface area contributed by atoms with Gasteiger partial charge in [0.25, 0.3) is 5.91 Å². The molecule has 5 rings (SSSR count). The number of fused-ring (bicyclic) bond motifs is 1. The molecule has 1 aliphatic rings. The lowest BCUT2D eigenvalue weighted by Gasteiger charge is -2.37. The molecule has 1 atom stereocenters. The van der Waals surface area contributed by atoms with Crippen LogP contribution < -0.4 is 10.1 Å². The van der Waals surface area contributed by atoms with Gasteiger partial charge in [0.1, 0.15) is 34.7 Å². The zero-order valence-corrected chi connectivity index (χ0v) is 21.4. The average Bonchev–Trinajstić information content (AvgIpc) is 3.40. The van der Waals surface area contributed by atoms with Gasteiger partial charge in [-0.15, -0.1) is 11.3 Å². The van der Waals surface area contributed by atoms with Gasteiger partial charge in [0, 0.05) is 25.4 Å². The van der Waals surface area contributed by atoms with E-state index >= 15 is 0 Å². The summed E-state index contributed by atoms with van der Waals surface area (Å²) >= 11 is 1.32. The SMILES string of the molecule is CC(=O)N1CCc2ccc(OCc3nc(C(=O)NCc4ccc(F)cc4)cs3)cc2C1c1ccc(F)cc1. The number of thiazole rings is 1. The number of aromatic nitrogens is 1. The van der Waals surface area contributed by atoms with Gasteiger partial charge in [-0.3, -0.25) is 9.59 Å². The number of amides is 2. The lowest BCUT2D eigenvalue weighted by atomic mass is 9.88. The van der Waals surface area contributed by atoms with Crippen molar-refractivity contribution >= 4 is 23.2 Å². The van der Waals surface area contributed by atoms with Gasteiger partial charge in [-0.1, -0.05) is 30.3 Å². The van der Waals surface area contributed by atoms with Crippen LogP contribution in [0, 0.1) is 11.6 Å². The van der Waals surface area contributed by atoms with E-state index in [2.05, 4.69) is 10.3 Å². The molecule has 1 aliphatic heterocycles. The van der Waals surface area contributed by atoms with Crippen LogP contribution >= 0.6 is 11.3 Å². The van der Waals surface area contributed by atoms with Crippen molar-refractivity contribution in [1.29, 1.82) is 0 Å². The first-order valence-corrected chi connectivity index (χ1v) is 13.0. The molecule has 0 fully saturated rings. The smallest absolute Gasteiger partial charge is 0.271 e. The third kappa shape index (κ3) is 5.73. The fourth-order valence-electron chi connectivity index (χ4n) is 4.53. The highest BCUT2D eigenvalue weighted by molar-refractivity contribution is 7.09. The number of nitrogens with zero attached hydrogens (tertiary/aromatic N) is 2. The summed E-state index contributed by atoms with van der Waals surface area (Å²) in [6.45, 7) is 2.56. The molecule has 2 heterocycles. The fraction of sp³-hybridized carbons (Fsp3) is 0.207. The van der Waals surface area contributed by atoms with Crippen LogP contribution in [0.15, 0.2) is 72.1 Å². The monoisotopic (exact) mass is 533 g/mol. The predicted octanol–water partition coefficient (Wildman–Crippen LogP) is 5.42. The third-order valence-electron chi connectivity index (χ3n) is 6.45. The molecule has 9 heteroatoms. The molecule has 0 bridgehead atoms. The largest absolute Gasteiger partial charge is 0.486 e. The Morgan fingerprint density at radius 2 is 1.76 bits per heavy atom. The van der Waals surface area contributed by atoms with E-state index in [0.717, 1.165) is 28.7 Å². The van der Waals surface area contributed by atoms with Crippen LogP contribution in [0.5, 0.6) is 5.75 Å². The van der Waals surface area contributed by atoms with Crippen LogP contribution in [0.4, 0.5) is 8.78 Å². The van der Waals surface area contributed by atoms with Crippen LogP contribution in [0.3, 0.4) is 0 Å². The average molecular weight is 534 g/mol. The molecule has 1 N–H and O–H groups in total. The molecule has 3 aromatic carbocycles. The van der Waals surface area contributed by atoms with E-state index in [-0.39, 0.29) is 48.3 Å². The van der Waals surface area contributed by atoms with Crippen molar-refractivity contribution < 1.29 is 23.1 Å². The van der Waals surface area contributed by atoms with Gasteiger partial charge < -0.3 is 15.0 Å². The first kappa shape index (κ1) is 25.5. The first-order chi connectivity index (χ1) is 18.4. The van der Waals surface area contributed by atoms with Crippen molar-refractivity contribution in [3.05, 3.63) is 117 Å². The summed E-state index contributed by atoms with van der Waals surface area (Å²) < 4.78 is 32.6. The standard InChI is InChI=1S/C29H25F2N3O3S/c1-18(35)34-13-12-20-6-11-24(14-25(20)28(34)21-4-9-23(31)10-5-21)37-16-27-33-26(17-38-27)29(36)32-15-19-2-7-22(30)8-3-19/h2-11,14,17,28H,12-13,15-16H2,1H3,(H,32,36). The van der Waals surface area contributed by atoms with E-state index in [4.69, 9.17) is 4.74 Å². The maximum Gasteiger partial charge on any atom is 0.271 e. The molecule has 0 saturated heterocycles. The van der Waals surface area contributed by atoms with Gasteiger partial charge in [-0.2, -0.15) is 0 Å². The Bertz CT molecular complexity index is 1450. The normalized spacial score (nSPS) is 14.6. The van der Waals surface area contributed by atoms with Crippen molar-refractivity contribution in [3.8, 4) is 5.75 Å². The number of carbonyl (C=O) groups is 2. The van der Waals surface area contributed by atoms with Gasteiger partial charge >= 0.3 is 0 Å². The summed E-state index contributed by atoms with van der Waals surface area (Å²) in [4.78, 5) is 31.1. The zero-order valence-electron chi connectivity index (χ0n) is 20.6. The Kier molecular flexibility index (Phi) is 7.46. The van der Waals surface area contributed by atoms with Crippen molar-refractivity contribution in [2.45, 2.75) is 32.5 Å². The highest BCUT2D eigenvalue weighted by Gasteiger charge is 2.31. The second-order valence-corrected chi connectivity index (χ2v) is 9.94. The van der Waals surface area contributed by atoms with Crippen molar-refractivity contribution in [2.75, 3.05) is 6.54 Å². The molecule has 194 valence electrons. The van der Waals surface area contributed by atoms with Crippen molar-refractivity contribution in [1.82, 2.24) is 15.2 Å². The molecule has 4 aromatic rings. The molecule has 0 spiro atoms. The van der Waals surface area contributed by atoms with Crippen LogP contribution in [-0.4, -0.2) is 28.2 Å². The second-order valence-electron chi connectivity index (χ2n) is 9.00. The first-order valence-electron chi connectivity index (χ1n) is 12.1. The van der Waals surface area contributed by atoms with E-state index in [9.17, 15) is 18.4 Å². The highest BCUT2D eigenvalue weighted by atomic mass is 32.1. The van der Waals surface area contributed by atoms with E-state index < -0.39 is 0 Å². The molecule has 0 saturated carbocycles. The highest BCUT2D eigenvalue weighted by Crippen LogP contribution is 2.37. The van der Waals surface area contributed by atoms with Gasteiger partial charge in [0.05, 0.1) is 6.04 Å². The van der Waals surface area contributed by atoms with E-state index in [1.807, 2.05) is 18.2 Å².